The van der Waals surface area contributed by atoms with Crippen LogP contribution in [0.25, 0.3) is 0 Å². The van der Waals surface area contributed by atoms with Crippen LogP contribution in [0.3, 0.4) is 0 Å². The summed E-state index contributed by atoms with van der Waals surface area (Å²) in [5.41, 5.74) is 4.98. The number of nitrogens with one attached hydrogen (secondary N) is 1. The Morgan fingerprint density at radius 2 is 1.88 bits per heavy atom. The van der Waals surface area contributed by atoms with Crippen molar-refractivity contribution < 1.29 is 0 Å². The average molecular weight is 212 g/mol. The first-order valence-electron chi connectivity index (χ1n) is 5.43. The first-order chi connectivity index (χ1) is 7.66. The van der Waals surface area contributed by atoms with Crippen LogP contribution in [-0.2, 0) is 0 Å². The Balaban J connectivity index is 2.35. The van der Waals surface area contributed by atoms with Gasteiger partial charge in [0.05, 0.1) is 0 Å². The second-order valence-electron chi connectivity index (χ2n) is 4.09. The van der Waals surface area contributed by atoms with Crippen LogP contribution in [0, 0.1) is 20.8 Å². The molecular formula is C14H16N2. The van der Waals surface area contributed by atoms with E-state index in [1.54, 1.807) is 6.20 Å². The smallest absolute Gasteiger partial charge is 0.130 e. The van der Waals surface area contributed by atoms with Crippen molar-refractivity contribution in [2.75, 3.05) is 5.32 Å². The summed E-state index contributed by atoms with van der Waals surface area (Å²) in [5, 5.41) is 3.34. The van der Waals surface area contributed by atoms with Gasteiger partial charge in [0.2, 0.25) is 0 Å². The van der Waals surface area contributed by atoms with Gasteiger partial charge in [-0.3, -0.25) is 0 Å². The molecule has 82 valence electrons. The second-order valence-corrected chi connectivity index (χ2v) is 4.09. The largest absolute Gasteiger partial charge is 0.340 e. The van der Waals surface area contributed by atoms with E-state index >= 15 is 0 Å². The lowest BCUT2D eigenvalue weighted by molar-refractivity contribution is 1.26. The fraction of sp³-hybridized carbons (Fsp3) is 0.214. The SMILES string of the molecule is Cc1cc(C)c(C)c(Nc2ccccn2)c1. The highest BCUT2D eigenvalue weighted by atomic mass is 15.0. The van der Waals surface area contributed by atoms with E-state index in [1.165, 1.54) is 16.7 Å². The molecule has 2 nitrogen and oxygen atoms in total. The van der Waals surface area contributed by atoms with Crippen LogP contribution in [0.1, 0.15) is 16.7 Å². The molecule has 0 unspecified atom stereocenters. The van der Waals surface area contributed by atoms with Crippen LogP contribution >= 0.6 is 0 Å². The molecule has 0 bridgehead atoms. The molecule has 0 saturated carbocycles. The first-order valence-corrected chi connectivity index (χ1v) is 5.43. The van der Waals surface area contributed by atoms with Gasteiger partial charge in [-0.25, -0.2) is 4.98 Å². The maximum absolute atomic E-state index is 4.26. The summed E-state index contributed by atoms with van der Waals surface area (Å²) in [5.74, 6) is 0.885. The minimum absolute atomic E-state index is 0.885. The molecule has 0 atom stereocenters. The second kappa shape index (κ2) is 4.35. The summed E-state index contributed by atoms with van der Waals surface area (Å²) in [6.45, 7) is 6.36. The van der Waals surface area contributed by atoms with Crippen molar-refractivity contribution in [3.63, 3.8) is 0 Å². The topological polar surface area (TPSA) is 24.9 Å². The van der Waals surface area contributed by atoms with Gasteiger partial charge in [0.15, 0.2) is 0 Å². The van der Waals surface area contributed by atoms with Crippen LogP contribution in [0.4, 0.5) is 11.5 Å². The zero-order chi connectivity index (χ0) is 11.5. The van der Waals surface area contributed by atoms with E-state index in [4.69, 9.17) is 0 Å². The molecule has 2 heteroatoms. The van der Waals surface area contributed by atoms with Crippen LogP contribution in [0.2, 0.25) is 0 Å². The fourth-order valence-corrected chi connectivity index (χ4v) is 1.74. The van der Waals surface area contributed by atoms with Gasteiger partial charge in [-0.2, -0.15) is 0 Å². The van der Waals surface area contributed by atoms with E-state index in [1.807, 2.05) is 18.2 Å². The van der Waals surface area contributed by atoms with Gasteiger partial charge in [0.1, 0.15) is 5.82 Å². The molecule has 1 aromatic carbocycles. The molecule has 2 aromatic rings. The first kappa shape index (κ1) is 10.7. The molecule has 0 radical (unpaired) electrons. The minimum atomic E-state index is 0.885. The van der Waals surface area contributed by atoms with Crippen LogP contribution in [0.5, 0.6) is 0 Å². The molecule has 2 rings (SSSR count). The number of hydrogen-bond donors (Lipinski definition) is 1. The van der Waals surface area contributed by atoms with Crippen molar-refractivity contribution in [2.45, 2.75) is 20.8 Å². The van der Waals surface area contributed by atoms with E-state index in [0.717, 1.165) is 11.5 Å². The highest BCUT2D eigenvalue weighted by Crippen LogP contribution is 2.23. The lowest BCUT2D eigenvalue weighted by Crippen LogP contribution is -1.97. The van der Waals surface area contributed by atoms with Gasteiger partial charge >= 0.3 is 0 Å². The number of anilines is 2. The zero-order valence-electron chi connectivity index (χ0n) is 9.91. The normalized spacial score (nSPS) is 10.2. The average Bonchev–Trinajstić information content (AvgIpc) is 2.27. The monoisotopic (exact) mass is 212 g/mol. The molecule has 0 aliphatic rings. The molecule has 0 fully saturated rings. The number of aryl methyl sites for hydroxylation is 2. The summed E-state index contributed by atoms with van der Waals surface area (Å²) in [7, 11) is 0. The molecule has 1 heterocycles. The van der Waals surface area contributed by atoms with Gasteiger partial charge in [-0.1, -0.05) is 12.1 Å². The fourth-order valence-electron chi connectivity index (χ4n) is 1.74. The lowest BCUT2D eigenvalue weighted by atomic mass is 10.0. The predicted octanol–water partition coefficient (Wildman–Crippen LogP) is 3.75. The standard InChI is InChI=1S/C14H16N2/c1-10-8-11(2)12(3)13(9-10)16-14-6-4-5-7-15-14/h4-9H,1-3H3,(H,15,16). The van der Waals surface area contributed by atoms with Gasteiger partial charge < -0.3 is 5.32 Å². The van der Waals surface area contributed by atoms with E-state index in [0.29, 0.717) is 0 Å². The zero-order valence-corrected chi connectivity index (χ0v) is 9.91. The Morgan fingerprint density at radius 1 is 1.06 bits per heavy atom. The lowest BCUT2D eigenvalue weighted by Gasteiger charge is -2.12. The van der Waals surface area contributed by atoms with Crippen molar-refractivity contribution in [3.8, 4) is 0 Å². The van der Waals surface area contributed by atoms with E-state index in [2.05, 4.69) is 43.2 Å². The molecule has 0 spiro atoms. The Bertz CT molecular complexity index is 490. The molecule has 0 amide bonds. The molecule has 0 aliphatic heterocycles. The predicted molar refractivity (Wildman–Crippen MR) is 68.2 cm³/mol. The number of pyridine rings is 1. The van der Waals surface area contributed by atoms with Crippen molar-refractivity contribution >= 4 is 11.5 Å². The summed E-state index contributed by atoms with van der Waals surface area (Å²) in [4.78, 5) is 4.26. The highest BCUT2D eigenvalue weighted by molar-refractivity contribution is 5.63. The Kier molecular flexibility index (Phi) is 2.91. The quantitative estimate of drug-likeness (QED) is 0.820. The van der Waals surface area contributed by atoms with E-state index in [-0.39, 0.29) is 0 Å². The van der Waals surface area contributed by atoms with E-state index in [9.17, 15) is 0 Å². The van der Waals surface area contributed by atoms with Crippen LogP contribution < -0.4 is 5.32 Å². The van der Waals surface area contributed by atoms with E-state index < -0.39 is 0 Å². The number of nitrogens with zero attached hydrogens (tertiary/aromatic N) is 1. The van der Waals surface area contributed by atoms with Gasteiger partial charge in [-0.05, 0) is 55.7 Å². The Labute approximate surface area is 96.4 Å². The maximum atomic E-state index is 4.26. The number of hydrogen-bond acceptors (Lipinski definition) is 2. The summed E-state index contributed by atoms with van der Waals surface area (Å²) in [6, 6.07) is 10.2. The van der Waals surface area contributed by atoms with Crippen LogP contribution in [-0.4, -0.2) is 4.98 Å². The van der Waals surface area contributed by atoms with Gasteiger partial charge in [0, 0.05) is 11.9 Å². The van der Waals surface area contributed by atoms with Gasteiger partial charge in [0.25, 0.3) is 0 Å². The van der Waals surface area contributed by atoms with Crippen molar-refractivity contribution in [2.24, 2.45) is 0 Å². The van der Waals surface area contributed by atoms with Crippen LogP contribution in [0.15, 0.2) is 36.5 Å². The molecule has 1 aromatic heterocycles. The number of rotatable bonds is 2. The molecule has 16 heavy (non-hydrogen) atoms. The third-order valence-corrected chi connectivity index (χ3v) is 2.74. The maximum Gasteiger partial charge on any atom is 0.130 e. The minimum Gasteiger partial charge on any atom is -0.340 e. The number of aromatic nitrogens is 1. The Morgan fingerprint density at radius 3 is 2.56 bits per heavy atom. The number of benzene rings is 1. The summed E-state index contributed by atoms with van der Waals surface area (Å²) < 4.78 is 0. The molecule has 0 aliphatic carbocycles. The van der Waals surface area contributed by atoms with Crippen molar-refractivity contribution in [1.29, 1.82) is 0 Å². The Hall–Kier alpha value is -1.83. The third kappa shape index (κ3) is 2.22. The molecular weight excluding hydrogens is 196 g/mol. The summed E-state index contributed by atoms with van der Waals surface area (Å²) in [6.07, 6.45) is 1.79. The molecule has 0 saturated heterocycles. The van der Waals surface area contributed by atoms with Gasteiger partial charge in [-0.15, -0.1) is 0 Å². The third-order valence-electron chi connectivity index (χ3n) is 2.74. The van der Waals surface area contributed by atoms with Crippen molar-refractivity contribution in [1.82, 2.24) is 4.98 Å². The molecule has 1 N–H and O–H groups in total. The summed E-state index contributed by atoms with van der Waals surface area (Å²) >= 11 is 0. The highest BCUT2D eigenvalue weighted by Gasteiger charge is 2.03. The van der Waals surface area contributed by atoms with Crippen molar-refractivity contribution in [3.05, 3.63) is 53.2 Å².